The quantitative estimate of drug-likeness (QED) is 0.107. The van der Waals surface area contributed by atoms with Gasteiger partial charge in [0.15, 0.2) is 0 Å². The number of benzene rings is 4. The van der Waals surface area contributed by atoms with Gasteiger partial charge in [0.2, 0.25) is 11.8 Å². The molecule has 4 aliphatic rings. The van der Waals surface area contributed by atoms with Gasteiger partial charge >= 0.3 is 18.0 Å². The number of rotatable bonds is 11. The van der Waals surface area contributed by atoms with Crippen LogP contribution in [0.1, 0.15) is 97.8 Å². The number of aliphatic hydroxyl groups is 1. The number of carbonyl (C=O) groups is 5. The summed E-state index contributed by atoms with van der Waals surface area (Å²) in [5.74, 6) is 2.72. The predicted octanol–water partition coefficient (Wildman–Crippen LogP) is 6.59. The van der Waals surface area contributed by atoms with Crippen LogP contribution in [-0.2, 0) is 34.1 Å². The van der Waals surface area contributed by atoms with E-state index in [-0.39, 0.29) is 37.9 Å². The third kappa shape index (κ3) is 8.45. The van der Waals surface area contributed by atoms with Crippen LogP contribution < -0.4 is 15.0 Å². The molecule has 5 heterocycles. The van der Waals surface area contributed by atoms with Crippen LogP contribution in [0.4, 0.5) is 10.5 Å². The number of hydrogen-bond donors (Lipinski definition) is 2. The van der Waals surface area contributed by atoms with E-state index in [1.807, 2.05) is 78.6 Å². The Labute approximate surface area is 407 Å². The molecule has 5 aromatic rings. The van der Waals surface area contributed by atoms with E-state index < -0.39 is 77.3 Å². The van der Waals surface area contributed by atoms with Crippen LogP contribution in [0.25, 0.3) is 0 Å². The summed E-state index contributed by atoms with van der Waals surface area (Å²) in [4.78, 5) is 90.7. The van der Waals surface area contributed by atoms with Gasteiger partial charge in [-0.3, -0.25) is 19.3 Å². The standard InChI is InChI=1S/C55H56N6O9/c1-5-6-15-35-22-23-42-41(32-35)55(53(66)60(42)54(67)58-44(34(2)3)51(64)68-4)43(50(63)59-28-24-38(25-29-59)49-56-26-14-27-57-49)46-52(65)70-47(37-18-11-8-12-19-37)45(36-16-9-7-10-17-36)61(46)48(55)39-20-13-21-40(33-39)69-31-30-62/h7-14,16-23,26-27,32-34,38,43-48,62H,5,24-25,28-31H2,1-4H3,(H,58,67)/t43-,44?,45-,46?,47+,48+,55-/m1/s1. The number of likely N-dealkylation sites (tertiary alicyclic amines) is 1. The number of hydrogen-bond acceptors (Lipinski definition) is 12. The second kappa shape index (κ2) is 20.3. The molecule has 7 atom stereocenters. The number of urea groups is 1. The molecule has 0 saturated carbocycles. The van der Waals surface area contributed by atoms with Crippen molar-refractivity contribution in [2.45, 2.75) is 81.6 Å². The first-order valence-electron chi connectivity index (χ1n) is 23.9. The average Bonchev–Trinajstić information content (AvgIpc) is 3.85. The highest BCUT2D eigenvalue weighted by Crippen LogP contribution is 2.66. The number of nitrogens with zero attached hydrogens (tertiary/aromatic N) is 5. The number of aromatic nitrogens is 2. The Hall–Kier alpha value is -7.41. The molecule has 70 heavy (non-hydrogen) atoms. The van der Waals surface area contributed by atoms with Gasteiger partial charge < -0.3 is 29.5 Å². The number of morpholine rings is 1. The highest BCUT2D eigenvalue weighted by atomic mass is 16.6. The Balaban J connectivity index is 1.33. The van der Waals surface area contributed by atoms with E-state index in [9.17, 15) is 9.90 Å². The van der Waals surface area contributed by atoms with Gasteiger partial charge in [0.05, 0.1) is 37.4 Å². The molecule has 15 nitrogen and oxygen atoms in total. The number of methoxy groups -OCH3 is 1. The van der Waals surface area contributed by atoms with Crippen molar-refractivity contribution in [2.24, 2.45) is 11.8 Å². The topological polar surface area (TPSA) is 181 Å². The Morgan fingerprint density at radius 2 is 1.56 bits per heavy atom. The van der Waals surface area contributed by atoms with Gasteiger partial charge in [-0.1, -0.05) is 105 Å². The molecule has 4 aliphatic heterocycles. The highest BCUT2D eigenvalue weighted by Gasteiger charge is 2.76. The van der Waals surface area contributed by atoms with Crippen molar-refractivity contribution in [3.8, 4) is 17.6 Å². The summed E-state index contributed by atoms with van der Waals surface area (Å²) < 4.78 is 17.8. The van der Waals surface area contributed by atoms with Crippen molar-refractivity contribution in [1.82, 2.24) is 25.1 Å². The molecule has 0 aliphatic carbocycles. The maximum Gasteiger partial charge on any atom is 0.329 e. The number of anilines is 1. The monoisotopic (exact) mass is 944 g/mol. The number of esters is 2. The van der Waals surface area contributed by atoms with Gasteiger partial charge in [-0.2, -0.15) is 0 Å². The van der Waals surface area contributed by atoms with E-state index in [0.29, 0.717) is 53.1 Å². The van der Waals surface area contributed by atoms with Crippen LogP contribution in [-0.4, -0.2) is 100 Å². The Kier molecular flexibility index (Phi) is 13.8. The summed E-state index contributed by atoms with van der Waals surface area (Å²) in [5, 5.41) is 12.6. The van der Waals surface area contributed by atoms with Crippen molar-refractivity contribution < 1.29 is 43.3 Å². The van der Waals surface area contributed by atoms with Gasteiger partial charge in [0, 0.05) is 43.4 Å². The third-order valence-corrected chi connectivity index (χ3v) is 14.0. The fourth-order valence-electron chi connectivity index (χ4n) is 11.0. The van der Waals surface area contributed by atoms with Gasteiger partial charge in [0.1, 0.15) is 41.8 Å². The van der Waals surface area contributed by atoms with E-state index in [1.165, 1.54) is 7.11 Å². The van der Waals surface area contributed by atoms with E-state index in [1.54, 1.807) is 73.6 Å². The highest BCUT2D eigenvalue weighted by molar-refractivity contribution is 6.25. The van der Waals surface area contributed by atoms with Crippen LogP contribution in [0.5, 0.6) is 5.75 Å². The normalized spacial score (nSPS) is 23.5. The van der Waals surface area contributed by atoms with E-state index in [2.05, 4.69) is 27.1 Å². The maximum absolute atomic E-state index is 16.7. The van der Waals surface area contributed by atoms with Crippen LogP contribution in [0.15, 0.2) is 122 Å². The molecule has 15 heteroatoms. The Morgan fingerprint density at radius 3 is 2.21 bits per heavy atom. The first-order chi connectivity index (χ1) is 34.0. The molecule has 1 aromatic heterocycles. The second-order valence-electron chi connectivity index (χ2n) is 18.3. The minimum absolute atomic E-state index is 0.0296. The molecule has 2 unspecified atom stereocenters. The van der Waals surface area contributed by atoms with E-state index in [0.717, 1.165) is 10.5 Å². The summed E-state index contributed by atoms with van der Waals surface area (Å²) in [6, 6.07) is 27.4. The zero-order chi connectivity index (χ0) is 49.1. The number of piperidine rings is 1. The molecule has 4 aromatic carbocycles. The molecule has 2 N–H and O–H groups in total. The summed E-state index contributed by atoms with van der Waals surface area (Å²) >= 11 is 0. The summed E-state index contributed by atoms with van der Waals surface area (Å²) in [6.07, 6.45) is 4.02. The van der Waals surface area contributed by atoms with Crippen LogP contribution in [0.2, 0.25) is 0 Å². The van der Waals surface area contributed by atoms with Gasteiger partial charge in [-0.05, 0) is 77.4 Å². The van der Waals surface area contributed by atoms with E-state index >= 15 is 19.2 Å². The average molecular weight is 945 g/mol. The molecule has 0 radical (unpaired) electrons. The van der Waals surface area contributed by atoms with Crippen LogP contribution in [0.3, 0.4) is 0 Å². The van der Waals surface area contributed by atoms with Crippen molar-refractivity contribution in [1.29, 1.82) is 0 Å². The predicted molar refractivity (Wildman–Crippen MR) is 258 cm³/mol. The van der Waals surface area contributed by atoms with Gasteiger partial charge in [-0.25, -0.2) is 24.5 Å². The maximum atomic E-state index is 16.7. The first-order valence-corrected chi connectivity index (χ1v) is 23.9. The largest absolute Gasteiger partial charge is 0.491 e. The van der Waals surface area contributed by atoms with Crippen molar-refractivity contribution in [3.05, 3.63) is 155 Å². The minimum Gasteiger partial charge on any atom is -0.491 e. The number of cyclic esters (lactones) is 1. The number of amides is 4. The third-order valence-electron chi connectivity index (χ3n) is 14.0. The van der Waals surface area contributed by atoms with Gasteiger partial charge in [0.25, 0.3) is 0 Å². The van der Waals surface area contributed by atoms with Crippen molar-refractivity contribution in [3.63, 3.8) is 0 Å². The number of fused-ring (bicyclic) bond motifs is 3. The zero-order valence-electron chi connectivity index (χ0n) is 39.6. The van der Waals surface area contributed by atoms with Gasteiger partial charge in [-0.15, -0.1) is 0 Å². The SMILES string of the molecule is CCC#Cc1ccc2c(c1)[C@]1(C(=O)N2C(=O)NC(C(=O)OC)C(C)C)[C@H](c2cccc(OCCO)c2)N2C(C(=O)O[C@@H](c3ccccc3)[C@H]2c2ccccc2)[C@@H]1C(=O)N1CCC(c2ncccn2)CC1. The summed E-state index contributed by atoms with van der Waals surface area (Å²) in [6.45, 7) is 5.65. The van der Waals surface area contributed by atoms with E-state index in [4.69, 9.17) is 14.2 Å². The second-order valence-corrected chi connectivity index (χ2v) is 18.3. The number of imide groups is 1. The fraction of sp³-hybridized carbons (Fsp3) is 0.364. The first kappa shape index (κ1) is 47.6. The number of aliphatic hydroxyl groups excluding tert-OH is 1. The lowest BCUT2D eigenvalue weighted by atomic mass is 9.64. The molecular weight excluding hydrogens is 889 g/mol. The number of nitrogens with one attached hydrogen (secondary N) is 1. The van der Waals surface area contributed by atoms with Crippen molar-refractivity contribution in [2.75, 3.05) is 38.3 Å². The summed E-state index contributed by atoms with van der Waals surface area (Å²) in [7, 11) is 1.22. The lowest BCUT2D eigenvalue weighted by Crippen LogP contribution is -2.58. The molecule has 1 spiro atoms. The molecule has 4 amide bonds. The Bertz CT molecular complexity index is 2810. The molecule has 9 rings (SSSR count). The fourth-order valence-corrected chi connectivity index (χ4v) is 11.0. The minimum atomic E-state index is -2.05. The molecule has 0 bridgehead atoms. The van der Waals surface area contributed by atoms with Crippen molar-refractivity contribution >= 4 is 35.5 Å². The molecule has 360 valence electrons. The number of carbonyl (C=O) groups excluding carboxylic acids is 5. The number of ether oxygens (including phenoxy) is 3. The molecular formula is C55H56N6O9. The Morgan fingerprint density at radius 1 is 0.871 bits per heavy atom. The molecule has 3 saturated heterocycles. The lowest BCUT2D eigenvalue weighted by molar-refractivity contribution is -0.179. The molecule has 3 fully saturated rings. The lowest BCUT2D eigenvalue weighted by Gasteiger charge is -2.46. The van der Waals surface area contributed by atoms with Crippen LogP contribution >= 0.6 is 0 Å². The summed E-state index contributed by atoms with van der Waals surface area (Å²) in [5.41, 5.74) is 0.874. The zero-order valence-corrected chi connectivity index (χ0v) is 39.6. The smallest absolute Gasteiger partial charge is 0.329 e. The van der Waals surface area contributed by atoms with Crippen LogP contribution in [0, 0.1) is 23.7 Å².